The van der Waals surface area contributed by atoms with Crippen LogP contribution in [0, 0.1) is 0 Å². The molecule has 3 aromatic carbocycles. The van der Waals surface area contributed by atoms with Crippen molar-refractivity contribution in [3.8, 4) is 17.2 Å². The summed E-state index contributed by atoms with van der Waals surface area (Å²) in [4.78, 5) is 12.5. The minimum Gasteiger partial charge on any atom is -0.497 e. The van der Waals surface area contributed by atoms with Gasteiger partial charge in [-0.15, -0.1) is 0 Å². The molecule has 4 rings (SSSR count). The van der Waals surface area contributed by atoms with Gasteiger partial charge in [0.05, 0.1) is 23.8 Å². The maximum absolute atomic E-state index is 12.5. The number of carbonyl (C=O) groups is 1. The lowest BCUT2D eigenvalue weighted by Gasteiger charge is -2.15. The van der Waals surface area contributed by atoms with E-state index in [9.17, 15) is 4.79 Å². The van der Waals surface area contributed by atoms with Gasteiger partial charge in [-0.05, 0) is 89.1 Å². The van der Waals surface area contributed by atoms with Crippen molar-refractivity contribution in [2.75, 3.05) is 13.7 Å². The number of carbonyl (C=O) groups excluding carboxylic acids is 1. The second-order valence-electron chi connectivity index (χ2n) is 7.51. The Morgan fingerprint density at radius 1 is 1.03 bits per heavy atom. The van der Waals surface area contributed by atoms with Crippen molar-refractivity contribution in [2.45, 2.75) is 13.5 Å². The number of benzene rings is 3. The van der Waals surface area contributed by atoms with Crippen LogP contribution in [0.25, 0.3) is 11.8 Å². The number of halogens is 3. The third-order valence-electron chi connectivity index (χ3n) is 5.14. The van der Waals surface area contributed by atoms with Crippen LogP contribution in [0.1, 0.15) is 23.6 Å². The van der Waals surface area contributed by atoms with Gasteiger partial charge in [0.15, 0.2) is 11.5 Å². The van der Waals surface area contributed by atoms with Gasteiger partial charge in [0.25, 0.3) is 0 Å². The summed E-state index contributed by atoms with van der Waals surface area (Å²) in [5.41, 5.74) is 2.74. The van der Waals surface area contributed by atoms with E-state index in [2.05, 4.69) is 15.9 Å². The summed E-state index contributed by atoms with van der Waals surface area (Å²) in [5.74, 6) is 1.84. The van der Waals surface area contributed by atoms with Gasteiger partial charge in [-0.3, -0.25) is 0 Å². The fourth-order valence-electron chi connectivity index (χ4n) is 3.43. The van der Waals surface area contributed by atoms with Crippen molar-refractivity contribution < 1.29 is 23.7 Å². The molecule has 35 heavy (non-hydrogen) atoms. The number of ether oxygens (including phenoxy) is 4. The van der Waals surface area contributed by atoms with Crippen LogP contribution < -0.4 is 14.2 Å². The third-order valence-corrected chi connectivity index (χ3v) is 6.32. The highest BCUT2D eigenvalue weighted by atomic mass is 79.9. The molecule has 0 saturated heterocycles. The molecule has 0 fully saturated rings. The molecule has 0 saturated carbocycles. The molecular formula is C27H21BrCl2O5. The molecular weight excluding hydrogens is 555 g/mol. The molecule has 0 atom stereocenters. The van der Waals surface area contributed by atoms with Crippen LogP contribution in [-0.2, 0) is 16.1 Å². The molecule has 8 heteroatoms. The van der Waals surface area contributed by atoms with Crippen LogP contribution in [0.5, 0.6) is 17.2 Å². The quantitative estimate of drug-likeness (QED) is 0.203. The Bertz CT molecular complexity index is 1320. The van der Waals surface area contributed by atoms with E-state index in [1.54, 1.807) is 31.4 Å². The first-order valence-corrected chi connectivity index (χ1v) is 12.3. The zero-order chi connectivity index (χ0) is 24.9. The van der Waals surface area contributed by atoms with Gasteiger partial charge in [-0.25, -0.2) is 4.79 Å². The molecule has 0 N–H and O–H groups in total. The Hall–Kier alpha value is -2.93. The van der Waals surface area contributed by atoms with Crippen LogP contribution in [0.3, 0.4) is 0 Å². The van der Waals surface area contributed by atoms with Gasteiger partial charge in [0.1, 0.15) is 18.1 Å². The van der Waals surface area contributed by atoms with E-state index >= 15 is 0 Å². The average molecular weight is 576 g/mol. The highest BCUT2D eigenvalue weighted by Crippen LogP contribution is 2.39. The summed E-state index contributed by atoms with van der Waals surface area (Å²) in [6.45, 7) is 2.56. The van der Waals surface area contributed by atoms with Crippen molar-refractivity contribution in [3.05, 3.63) is 97.5 Å². The standard InChI is InChI=1S/C27H21BrCl2O5/c1-3-33-25-12-16(11-22(28)26(25)34-15-18-4-7-20(29)14-23(18)30)10-19-13-24(35-27(19)31)17-5-8-21(32-2)9-6-17/h4-14H,3,15H2,1-2H3/b19-10+. The summed E-state index contributed by atoms with van der Waals surface area (Å²) < 4.78 is 23.2. The van der Waals surface area contributed by atoms with Crippen molar-refractivity contribution >= 4 is 56.9 Å². The van der Waals surface area contributed by atoms with Crippen molar-refractivity contribution in [3.63, 3.8) is 0 Å². The molecule has 3 aromatic rings. The van der Waals surface area contributed by atoms with Gasteiger partial charge < -0.3 is 18.9 Å². The van der Waals surface area contributed by atoms with E-state index < -0.39 is 5.97 Å². The molecule has 1 heterocycles. The molecule has 0 spiro atoms. The monoisotopic (exact) mass is 574 g/mol. The molecule has 0 unspecified atom stereocenters. The van der Waals surface area contributed by atoms with E-state index in [4.69, 9.17) is 42.1 Å². The van der Waals surface area contributed by atoms with Gasteiger partial charge in [0.2, 0.25) is 0 Å². The van der Waals surface area contributed by atoms with Crippen LogP contribution >= 0.6 is 39.1 Å². The minimum atomic E-state index is -0.428. The van der Waals surface area contributed by atoms with Gasteiger partial charge in [-0.1, -0.05) is 29.3 Å². The minimum absolute atomic E-state index is 0.232. The van der Waals surface area contributed by atoms with E-state index in [0.29, 0.717) is 44.0 Å². The second-order valence-corrected chi connectivity index (χ2v) is 9.21. The van der Waals surface area contributed by atoms with Crippen molar-refractivity contribution in [1.29, 1.82) is 0 Å². The third kappa shape index (κ3) is 6.01. The molecule has 1 aliphatic rings. The topological polar surface area (TPSA) is 54.0 Å². The largest absolute Gasteiger partial charge is 0.497 e. The molecule has 0 amide bonds. The molecule has 180 valence electrons. The Balaban J connectivity index is 1.60. The Morgan fingerprint density at radius 2 is 1.80 bits per heavy atom. The Kier molecular flexibility index (Phi) is 8.06. The normalized spacial score (nSPS) is 14.0. The summed E-state index contributed by atoms with van der Waals surface area (Å²) in [5, 5.41) is 1.08. The first-order chi connectivity index (χ1) is 16.9. The number of hydrogen-bond acceptors (Lipinski definition) is 5. The van der Waals surface area contributed by atoms with Crippen molar-refractivity contribution in [1.82, 2.24) is 0 Å². The molecule has 0 aliphatic carbocycles. The second kappa shape index (κ2) is 11.2. The number of cyclic esters (lactones) is 1. The predicted octanol–water partition coefficient (Wildman–Crippen LogP) is 7.72. The number of hydrogen-bond donors (Lipinski definition) is 0. The van der Waals surface area contributed by atoms with Gasteiger partial charge in [0, 0.05) is 21.2 Å². The van der Waals surface area contributed by atoms with E-state index in [1.165, 1.54) is 0 Å². The smallest absolute Gasteiger partial charge is 0.343 e. The summed E-state index contributed by atoms with van der Waals surface area (Å²) in [6.07, 6.45) is 3.46. The van der Waals surface area contributed by atoms with Gasteiger partial charge in [-0.2, -0.15) is 0 Å². The van der Waals surface area contributed by atoms with E-state index in [1.807, 2.05) is 49.4 Å². The summed E-state index contributed by atoms with van der Waals surface area (Å²) >= 11 is 15.8. The number of esters is 1. The predicted molar refractivity (Wildman–Crippen MR) is 141 cm³/mol. The molecule has 0 aromatic heterocycles. The highest BCUT2D eigenvalue weighted by molar-refractivity contribution is 9.10. The molecule has 1 aliphatic heterocycles. The Labute approximate surface area is 222 Å². The fraction of sp³-hybridized carbons (Fsp3) is 0.148. The van der Waals surface area contributed by atoms with Gasteiger partial charge >= 0.3 is 5.97 Å². The zero-order valence-electron chi connectivity index (χ0n) is 18.9. The fourth-order valence-corrected chi connectivity index (χ4v) is 4.47. The zero-order valence-corrected chi connectivity index (χ0v) is 22.0. The lowest BCUT2D eigenvalue weighted by molar-refractivity contribution is -0.130. The first-order valence-electron chi connectivity index (χ1n) is 10.7. The number of rotatable bonds is 8. The summed E-state index contributed by atoms with van der Waals surface area (Å²) in [7, 11) is 1.60. The number of methoxy groups -OCH3 is 1. The summed E-state index contributed by atoms with van der Waals surface area (Å²) in [6, 6.07) is 16.2. The van der Waals surface area contributed by atoms with E-state index in [0.717, 1.165) is 22.4 Å². The van der Waals surface area contributed by atoms with Crippen LogP contribution in [0.2, 0.25) is 10.0 Å². The lowest BCUT2D eigenvalue weighted by Crippen LogP contribution is -2.02. The maximum Gasteiger partial charge on any atom is 0.343 e. The highest BCUT2D eigenvalue weighted by Gasteiger charge is 2.23. The maximum atomic E-state index is 12.5. The first kappa shape index (κ1) is 25.2. The lowest BCUT2D eigenvalue weighted by atomic mass is 10.1. The Morgan fingerprint density at radius 3 is 2.49 bits per heavy atom. The molecule has 0 bridgehead atoms. The molecule has 5 nitrogen and oxygen atoms in total. The SMILES string of the molecule is CCOc1cc(/C=C2\C=C(c3ccc(OC)cc3)OC2=O)cc(Br)c1OCc1ccc(Cl)cc1Cl. The van der Waals surface area contributed by atoms with Crippen LogP contribution in [0.4, 0.5) is 0 Å². The average Bonchev–Trinajstić information content (AvgIpc) is 3.20. The van der Waals surface area contributed by atoms with Crippen LogP contribution in [0.15, 0.2) is 70.7 Å². The van der Waals surface area contributed by atoms with Crippen molar-refractivity contribution in [2.24, 2.45) is 0 Å². The van der Waals surface area contributed by atoms with Crippen LogP contribution in [-0.4, -0.2) is 19.7 Å². The molecule has 0 radical (unpaired) electrons. The van der Waals surface area contributed by atoms with E-state index in [-0.39, 0.29) is 6.61 Å².